The van der Waals surface area contributed by atoms with Crippen LogP contribution in [-0.2, 0) is 9.59 Å². The van der Waals surface area contributed by atoms with Crippen LogP contribution in [0.15, 0.2) is 29.3 Å². The number of fused-ring (bicyclic) bond motifs is 1. The first-order valence-electron chi connectivity index (χ1n) is 3.51. The quantitative estimate of drug-likeness (QED) is 0.379. The molecule has 1 aliphatic rings. The van der Waals surface area contributed by atoms with Crippen LogP contribution in [-0.4, -0.2) is 70.8 Å². The minimum atomic E-state index is -0.686. The molecule has 1 amide bonds. The van der Waals surface area contributed by atoms with Crippen LogP contribution in [0.5, 0.6) is 0 Å². The third-order valence-corrected chi connectivity index (χ3v) is 1.66. The Kier molecular flexibility index (Phi) is 6.05. The number of carbonyl (C=O) groups is 2. The van der Waals surface area contributed by atoms with Crippen molar-refractivity contribution in [1.29, 1.82) is 0 Å². The van der Waals surface area contributed by atoms with Crippen molar-refractivity contribution in [2.24, 2.45) is 4.99 Å². The van der Waals surface area contributed by atoms with Gasteiger partial charge in [0.15, 0.2) is 0 Å². The van der Waals surface area contributed by atoms with Crippen LogP contribution in [0.4, 0.5) is 0 Å². The van der Waals surface area contributed by atoms with Crippen LogP contribution in [0.3, 0.4) is 0 Å². The molecule has 0 saturated carbocycles. The van der Waals surface area contributed by atoms with Crippen LogP contribution < -0.4 is 10.6 Å². The van der Waals surface area contributed by atoms with Crippen molar-refractivity contribution in [3.63, 3.8) is 0 Å². The zero-order valence-corrected chi connectivity index (χ0v) is 12.2. The van der Waals surface area contributed by atoms with Crippen LogP contribution in [0, 0.1) is 0 Å². The average Bonchev–Trinajstić information content (AvgIpc) is 2.07. The summed E-state index contributed by atoms with van der Waals surface area (Å²) in [6.45, 7) is 0. The second-order valence-corrected chi connectivity index (χ2v) is 2.48. The fourth-order valence-electron chi connectivity index (χ4n) is 1.08. The smallest absolute Gasteiger partial charge is 0.284 e. The number of rotatable bonds is 0. The van der Waals surface area contributed by atoms with Gasteiger partial charge in [-0.25, -0.2) is 4.99 Å². The number of Topliss-reactive ketones (excluding diaryl/α,β-unsaturated/α-hetero) is 1. The van der Waals surface area contributed by atoms with E-state index >= 15 is 0 Å². The Morgan fingerprint density at radius 3 is 2.36 bits per heavy atom. The summed E-state index contributed by atoms with van der Waals surface area (Å²) in [6.07, 6.45) is 1.31. The molecule has 1 aliphatic heterocycles. The van der Waals surface area contributed by atoms with Crippen LogP contribution in [0.1, 0.15) is 0 Å². The minimum absolute atomic E-state index is 0. The number of hydrogen-bond donors (Lipinski definition) is 0. The van der Waals surface area contributed by atoms with E-state index in [1.54, 1.807) is 24.3 Å². The molecule has 2 rings (SSSR count). The zero-order valence-electron chi connectivity index (χ0n) is 8.15. The van der Waals surface area contributed by atoms with Gasteiger partial charge in [-0.15, -0.1) is 0 Å². The molecule has 0 bridgehead atoms. The summed E-state index contributed by atoms with van der Waals surface area (Å²) in [5.74, 6) is -1.23. The molecule has 0 spiro atoms. The monoisotopic (exact) mass is 205 g/mol. The number of ketones is 1. The Morgan fingerprint density at radius 2 is 1.64 bits per heavy atom. The minimum Gasteiger partial charge on any atom is -0.284 e. The first kappa shape index (κ1) is 14.2. The van der Waals surface area contributed by atoms with Gasteiger partial charge in [-0.3, -0.25) is 9.59 Å². The van der Waals surface area contributed by atoms with Crippen molar-refractivity contribution >= 4 is 76.9 Å². The predicted molar refractivity (Wildman–Crippen MR) is 53.2 cm³/mol. The van der Waals surface area contributed by atoms with E-state index in [4.69, 9.17) is 0 Å². The Bertz CT molecular complexity index is 437. The molecular formula is C9H5NNa2O2. The molecule has 3 nitrogen and oxygen atoms in total. The molecule has 0 fully saturated rings. The van der Waals surface area contributed by atoms with Crippen molar-refractivity contribution in [2.75, 3.05) is 0 Å². The first-order chi connectivity index (χ1) is 5.77. The van der Waals surface area contributed by atoms with Gasteiger partial charge >= 0.3 is 5.91 Å². The van der Waals surface area contributed by atoms with Gasteiger partial charge in [-0.2, -0.15) is 0 Å². The standard InChI is InChI=1S/C9H5NO2.2Na/c11-8-5-6-3-1-2-4-7(6)10-9(8)12;;/h1-5H;;. The molecule has 2 radical (unpaired) electrons. The summed E-state index contributed by atoms with van der Waals surface area (Å²) in [5, 5.41) is 1.28. The topological polar surface area (TPSA) is 46.5 Å². The van der Waals surface area contributed by atoms with Gasteiger partial charge in [0.2, 0.25) is 5.78 Å². The molecular weight excluding hydrogens is 200 g/mol. The number of benzene rings is 1. The fourth-order valence-corrected chi connectivity index (χ4v) is 1.08. The first-order valence-corrected chi connectivity index (χ1v) is 3.51. The summed E-state index contributed by atoms with van der Waals surface area (Å²) in [4.78, 5) is 25.3. The summed E-state index contributed by atoms with van der Waals surface area (Å²) in [5.41, 5.74) is 0. The maximum Gasteiger partial charge on any atom is 0.317 e. The third-order valence-electron chi connectivity index (χ3n) is 1.66. The number of hydrogen-bond acceptors (Lipinski definition) is 2. The van der Waals surface area contributed by atoms with Crippen LogP contribution in [0.25, 0.3) is 6.08 Å². The van der Waals surface area contributed by atoms with Crippen molar-refractivity contribution in [3.05, 3.63) is 34.8 Å². The summed E-state index contributed by atoms with van der Waals surface area (Å²) in [7, 11) is 0. The molecule has 1 heterocycles. The SMILES string of the molecule is O=C1C=c2ccccc2=NC1=O.[Na].[Na]. The molecule has 60 valence electrons. The van der Waals surface area contributed by atoms with Gasteiger partial charge < -0.3 is 0 Å². The Morgan fingerprint density at radius 1 is 1.00 bits per heavy atom. The molecule has 14 heavy (non-hydrogen) atoms. The molecule has 0 atom stereocenters. The third kappa shape index (κ3) is 2.86. The van der Waals surface area contributed by atoms with Crippen molar-refractivity contribution < 1.29 is 9.59 Å². The maximum atomic E-state index is 10.9. The van der Waals surface area contributed by atoms with E-state index in [2.05, 4.69) is 4.99 Å². The van der Waals surface area contributed by atoms with Gasteiger partial charge in [-0.05, 0) is 6.07 Å². The molecule has 1 aromatic carbocycles. The van der Waals surface area contributed by atoms with Gasteiger partial charge in [0.25, 0.3) is 0 Å². The number of nitrogens with zero attached hydrogens (tertiary/aromatic N) is 1. The van der Waals surface area contributed by atoms with Gasteiger partial charge in [0.05, 0.1) is 5.36 Å². The molecule has 0 aromatic heterocycles. The zero-order chi connectivity index (χ0) is 8.55. The van der Waals surface area contributed by atoms with Crippen molar-refractivity contribution in [3.8, 4) is 0 Å². The van der Waals surface area contributed by atoms with E-state index in [9.17, 15) is 9.59 Å². The maximum absolute atomic E-state index is 10.9. The van der Waals surface area contributed by atoms with Gasteiger partial charge in [0, 0.05) is 70.4 Å². The molecule has 0 saturated heterocycles. The average molecular weight is 205 g/mol. The van der Waals surface area contributed by atoms with E-state index in [0.717, 1.165) is 0 Å². The Balaban J connectivity index is 0.000000845. The van der Waals surface area contributed by atoms with Gasteiger partial charge in [0.1, 0.15) is 0 Å². The number of carbonyl (C=O) groups excluding carboxylic acids is 2. The van der Waals surface area contributed by atoms with Crippen LogP contribution >= 0.6 is 0 Å². The molecule has 0 N–H and O–H groups in total. The molecule has 0 aliphatic carbocycles. The second-order valence-electron chi connectivity index (χ2n) is 2.48. The summed E-state index contributed by atoms with van der Waals surface area (Å²) < 4.78 is 0. The molecule has 1 aromatic rings. The van der Waals surface area contributed by atoms with E-state index in [1.807, 2.05) is 0 Å². The van der Waals surface area contributed by atoms with E-state index in [-0.39, 0.29) is 59.1 Å². The fraction of sp³-hybridized carbons (Fsp3) is 0. The summed E-state index contributed by atoms with van der Waals surface area (Å²) >= 11 is 0. The van der Waals surface area contributed by atoms with E-state index < -0.39 is 11.7 Å². The molecule has 5 heteroatoms. The Labute approximate surface area is 125 Å². The van der Waals surface area contributed by atoms with Crippen molar-refractivity contribution in [2.45, 2.75) is 0 Å². The van der Waals surface area contributed by atoms with E-state index in [1.165, 1.54) is 6.08 Å². The number of amides is 1. The molecule has 0 unspecified atom stereocenters. The van der Waals surface area contributed by atoms with E-state index in [0.29, 0.717) is 10.6 Å². The largest absolute Gasteiger partial charge is 0.317 e. The second kappa shape index (κ2) is 5.95. The van der Waals surface area contributed by atoms with Crippen molar-refractivity contribution in [1.82, 2.24) is 0 Å². The number of para-hydroxylation sites is 1. The van der Waals surface area contributed by atoms with Crippen LogP contribution in [0.2, 0.25) is 0 Å². The summed E-state index contributed by atoms with van der Waals surface area (Å²) in [6, 6.07) is 7.03. The Hall–Kier alpha value is 0.230. The predicted octanol–water partition coefficient (Wildman–Crippen LogP) is -1.57. The van der Waals surface area contributed by atoms with Gasteiger partial charge in [-0.1, -0.05) is 18.2 Å². The normalized spacial score (nSPS) is 12.6.